The van der Waals surface area contributed by atoms with Crippen molar-refractivity contribution in [2.45, 2.75) is 6.61 Å². The Bertz CT molecular complexity index is 804. The molecule has 0 spiro atoms. The first-order chi connectivity index (χ1) is 11.1. The van der Waals surface area contributed by atoms with Gasteiger partial charge < -0.3 is 14.3 Å². The SMILES string of the molecule is O=C(O)c1ccc(COc2ccc(-c3ccc(Cl)cc3)cc2)o1. The van der Waals surface area contributed by atoms with Crippen LogP contribution in [0.5, 0.6) is 5.75 Å². The Kier molecular flexibility index (Phi) is 4.35. The molecule has 0 amide bonds. The molecule has 1 heterocycles. The first-order valence-electron chi connectivity index (χ1n) is 6.92. The summed E-state index contributed by atoms with van der Waals surface area (Å²) in [7, 11) is 0. The molecule has 0 aliphatic heterocycles. The van der Waals surface area contributed by atoms with E-state index in [1.807, 2.05) is 48.5 Å². The number of ether oxygens (including phenoxy) is 1. The van der Waals surface area contributed by atoms with E-state index in [1.54, 1.807) is 6.07 Å². The third-order valence-electron chi connectivity index (χ3n) is 3.29. The maximum absolute atomic E-state index is 10.7. The fourth-order valence-corrected chi connectivity index (χ4v) is 2.24. The van der Waals surface area contributed by atoms with Crippen LogP contribution in [0.3, 0.4) is 0 Å². The molecule has 0 saturated heterocycles. The van der Waals surface area contributed by atoms with Gasteiger partial charge in [-0.2, -0.15) is 0 Å². The number of carbonyl (C=O) groups is 1. The van der Waals surface area contributed by atoms with Gasteiger partial charge in [-0.15, -0.1) is 0 Å². The molecule has 4 nitrogen and oxygen atoms in total. The zero-order valence-corrected chi connectivity index (χ0v) is 12.8. The lowest BCUT2D eigenvalue weighted by Crippen LogP contribution is -1.95. The first-order valence-corrected chi connectivity index (χ1v) is 7.30. The quantitative estimate of drug-likeness (QED) is 0.725. The molecule has 3 rings (SSSR count). The van der Waals surface area contributed by atoms with Gasteiger partial charge in [0.15, 0.2) is 0 Å². The third-order valence-corrected chi connectivity index (χ3v) is 3.54. The lowest BCUT2D eigenvalue weighted by Gasteiger charge is -2.06. The summed E-state index contributed by atoms with van der Waals surface area (Å²) in [5, 5.41) is 9.50. The average Bonchev–Trinajstić information content (AvgIpc) is 3.04. The Hall–Kier alpha value is -2.72. The van der Waals surface area contributed by atoms with Gasteiger partial charge in [0.25, 0.3) is 0 Å². The fourth-order valence-electron chi connectivity index (χ4n) is 2.11. The van der Waals surface area contributed by atoms with Crippen molar-refractivity contribution in [3.8, 4) is 16.9 Å². The second kappa shape index (κ2) is 6.58. The Balaban J connectivity index is 1.65. The summed E-state index contributed by atoms with van der Waals surface area (Å²) in [5.41, 5.74) is 2.12. The normalized spacial score (nSPS) is 10.5. The van der Waals surface area contributed by atoms with Crippen molar-refractivity contribution < 1.29 is 19.1 Å². The Morgan fingerprint density at radius 2 is 1.57 bits per heavy atom. The van der Waals surface area contributed by atoms with Crippen LogP contribution in [0.15, 0.2) is 65.1 Å². The van der Waals surface area contributed by atoms with Crippen LogP contribution in [0.1, 0.15) is 16.3 Å². The average molecular weight is 329 g/mol. The summed E-state index contributed by atoms with van der Waals surface area (Å²) in [6.45, 7) is 0.174. The van der Waals surface area contributed by atoms with Crippen molar-refractivity contribution in [3.63, 3.8) is 0 Å². The van der Waals surface area contributed by atoms with Gasteiger partial charge in [0.2, 0.25) is 5.76 Å². The van der Waals surface area contributed by atoms with E-state index in [0.717, 1.165) is 11.1 Å². The van der Waals surface area contributed by atoms with Crippen molar-refractivity contribution in [2.24, 2.45) is 0 Å². The van der Waals surface area contributed by atoms with E-state index in [9.17, 15) is 4.79 Å². The molecule has 0 aliphatic rings. The van der Waals surface area contributed by atoms with Gasteiger partial charge in [0.1, 0.15) is 18.1 Å². The highest BCUT2D eigenvalue weighted by Crippen LogP contribution is 2.24. The second-order valence-corrected chi connectivity index (χ2v) is 5.33. The summed E-state index contributed by atoms with van der Waals surface area (Å²) in [5.74, 6) is -0.0505. The van der Waals surface area contributed by atoms with Crippen LogP contribution < -0.4 is 4.74 Å². The number of rotatable bonds is 5. The summed E-state index contributed by atoms with van der Waals surface area (Å²) < 4.78 is 10.7. The van der Waals surface area contributed by atoms with Crippen molar-refractivity contribution in [1.29, 1.82) is 0 Å². The highest BCUT2D eigenvalue weighted by molar-refractivity contribution is 6.30. The largest absolute Gasteiger partial charge is 0.486 e. The molecule has 0 aliphatic carbocycles. The Labute approximate surface area is 137 Å². The molecule has 5 heteroatoms. The van der Waals surface area contributed by atoms with Crippen LogP contribution in [-0.4, -0.2) is 11.1 Å². The highest BCUT2D eigenvalue weighted by atomic mass is 35.5. The fraction of sp³-hybridized carbons (Fsp3) is 0.0556. The molecular weight excluding hydrogens is 316 g/mol. The molecule has 0 atom stereocenters. The number of hydrogen-bond donors (Lipinski definition) is 1. The molecule has 0 unspecified atom stereocenters. The minimum Gasteiger partial charge on any atom is -0.486 e. The van der Waals surface area contributed by atoms with Gasteiger partial charge in [-0.3, -0.25) is 0 Å². The molecule has 3 aromatic rings. The maximum atomic E-state index is 10.7. The standard InChI is InChI=1S/C18H13ClO4/c19-14-5-1-12(2-6-14)13-3-7-15(8-4-13)22-11-16-9-10-17(23-16)18(20)21/h1-10H,11H2,(H,20,21). The van der Waals surface area contributed by atoms with Gasteiger partial charge in [-0.25, -0.2) is 4.79 Å². The number of carboxylic acid groups (broad SMARTS) is 1. The molecule has 0 fully saturated rings. The Morgan fingerprint density at radius 1 is 0.957 bits per heavy atom. The van der Waals surface area contributed by atoms with Gasteiger partial charge in [-0.1, -0.05) is 35.9 Å². The second-order valence-electron chi connectivity index (χ2n) is 4.89. The zero-order chi connectivity index (χ0) is 16.2. The van der Waals surface area contributed by atoms with E-state index < -0.39 is 5.97 Å². The van der Waals surface area contributed by atoms with E-state index in [2.05, 4.69) is 0 Å². The lowest BCUT2D eigenvalue weighted by molar-refractivity contribution is 0.0658. The summed E-state index contributed by atoms with van der Waals surface area (Å²) >= 11 is 5.88. The summed E-state index contributed by atoms with van der Waals surface area (Å²) in [4.78, 5) is 10.7. The first kappa shape index (κ1) is 15.2. The minimum absolute atomic E-state index is 0.0957. The third kappa shape index (κ3) is 3.73. The predicted molar refractivity (Wildman–Crippen MR) is 86.9 cm³/mol. The molecule has 116 valence electrons. The van der Waals surface area contributed by atoms with E-state index >= 15 is 0 Å². The zero-order valence-electron chi connectivity index (χ0n) is 12.0. The van der Waals surface area contributed by atoms with Crippen LogP contribution in [0.2, 0.25) is 5.02 Å². The van der Waals surface area contributed by atoms with Crippen LogP contribution in [0, 0.1) is 0 Å². The molecular formula is C18H13ClO4. The van der Waals surface area contributed by atoms with Crippen LogP contribution in [0.25, 0.3) is 11.1 Å². The molecule has 23 heavy (non-hydrogen) atoms. The molecule has 0 bridgehead atoms. The van der Waals surface area contributed by atoms with Gasteiger partial charge in [0, 0.05) is 5.02 Å². The molecule has 1 aromatic heterocycles. The topological polar surface area (TPSA) is 59.7 Å². The Morgan fingerprint density at radius 3 is 2.13 bits per heavy atom. The molecule has 2 aromatic carbocycles. The van der Waals surface area contributed by atoms with Crippen molar-refractivity contribution in [1.82, 2.24) is 0 Å². The van der Waals surface area contributed by atoms with Crippen molar-refractivity contribution in [2.75, 3.05) is 0 Å². The van der Waals surface area contributed by atoms with E-state index in [0.29, 0.717) is 16.5 Å². The molecule has 1 N–H and O–H groups in total. The lowest BCUT2D eigenvalue weighted by atomic mass is 10.1. The van der Waals surface area contributed by atoms with Crippen LogP contribution in [-0.2, 0) is 6.61 Å². The predicted octanol–water partition coefficient (Wildman–Crippen LogP) is 4.88. The number of furan rings is 1. The summed E-state index contributed by atoms with van der Waals surface area (Å²) in [6.07, 6.45) is 0. The number of hydrogen-bond acceptors (Lipinski definition) is 3. The monoisotopic (exact) mass is 328 g/mol. The van der Waals surface area contributed by atoms with Crippen LogP contribution in [0.4, 0.5) is 0 Å². The van der Waals surface area contributed by atoms with E-state index in [-0.39, 0.29) is 12.4 Å². The van der Waals surface area contributed by atoms with Crippen molar-refractivity contribution in [3.05, 3.63) is 77.2 Å². The number of aromatic carboxylic acids is 1. The van der Waals surface area contributed by atoms with Gasteiger partial charge in [0.05, 0.1) is 0 Å². The van der Waals surface area contributed by atoms with E-state index in [1.165, 1.54) is 6.07 Å². The number of halogens is 1. The smallest absolute Gasteiger partial charge is 0.371 e. The summed E-state index contributed by atoms with van der Waals surface area (Å²) in [6, 6.07) is 18.2. The van der Waals surface area contributed by atoms with Crippen LogP contribution >= 0.6 is 11.6 Å². The van der Waals surface area contributed by atoms with Gasteiger partial charge in [-0.05, 0) is 47.5 Å². The van der Waals surface area contributed by atoms with Gasteiger partial charge >= 0.3 is 5.97 Å². The highest BCUT2D eigenvalue weighted by Gasteiger charge is 2.09. The van der Waals surface area contributed by atoms with Crippen molar-refractivity contribution >= 4 is 17.6 Å². The number of benzene rings is 2. The number of carboxylic acids is 1. The minimum atomic E-state index is -1.09. The van der Waals surface area contributed by atoms with E-state index in [4.69, 9.17) is 25.9 Å². The molecule has 0 saturated carbocycles. The maximum Gasteiger partial charge on any atom is 0.371 e. The molecule has 0 radical (unpaired) electrons.